The molecule has 2 N–H and O–H groups in total. The Hall–Kier alpha value is -4.88. The lowest BCUT2D eigenvalue weighted by molar-refractivity contribution is -0.137. The third-order valence-corrected chi connectivity index (χ3v) is 8.00. The van der Waals surface area contributed by atoms with Crippen LogP contribution in [-0.4, -0.2) is 48.0 Å². The predicted molar refractivity (Wildman–Crippen MR) is 161 cm³/mol. The Labute approximate surface area is 254 Å². The molecule has 1 aliphatic rings. The molecule has 0 spiro atoms. The van der Waals surface area contributed by atoms with E-state index in [1.165, 1.54) is 24.1 Å². The lowest BCUT2D eigenvalue weighted by Gasteiger charge is -2.33. The Morgan fingerprint density at radius 1 is 1.07 bits per heavy atom. The van der Waals surface area contributed by atoms with Crippen molar-refractivity contribution in [3.05, 3.63) is 86.0 Å². The monoisotopic (exact) mass is 625 g/mol. The van der Waals surface area contributed by atoms with Crippen LogP contribution in [0.25, 0.3) is 28.2 Å². The Morgan fingerprint density at radius 3 is 2.33 bits per heavy atom. The maximum Gasteiger partial charge on any atom is 0.418 e. The second-order valence-electron chi connectivity index (χ2n) is 11.3. The van der Waals surface area contributed by atoms with Crippen molar-refractivity contribution < 1.29 is 22.4 Å². The highest BCUT2D eigenvalue weighted by atomic mass is 19.4. The van der Waals surface area contributed by atoms with Crippen molar-refractivity contribution in [2.24, 2.45) is 0 Å². The molecule has 0 aromatic carbocycles. The van der Waals surface area contributed by atoms with Crippen LogP contribution < -0.4 is 16.9 Å². The van der Waals surface area contributed by atoms with Gasteiger partial charge in [0.1, 0.15) is 17.2 Å². The van der Waals surface area contributed by atoms with E-state index in [1.54, 1.807) is 13.0 Å². The third kappa shape index (κ3) is 5.49. The number of alkyl halides is 3. The fraction of sp³-hybridized carbons (Fsp3) is 0.355. The van der Waals surface area contributed by atoms with Gasteiger partial charge in [-0.2, -0.15) is 13.2 Å². The first-order valence-corrected chi connectivity index (χ1v) is 14.2. The number of likely N-dealkylation sites (tertiary alicyclic amines) is 1. The Bertz CT molecular complexity index is 1970. The van der Waals surface area contributed by atoms with Gasteiger partial charge in [-0.3, -0.25) is 28.5 Å². The Balaban J connectivity index is 1.90. The first-order chi connectivity index (χ1) is 21.1. The number of carbonyl (C=O) groups excluding carboxylic acids is 1. The van der Waals surface area contributed by atoms with Crippen molar-refractivity contribution in [1.82, 2.24) is 29.0 Å². The molecule has 0 radical (unpaired) electrons. The van der Waals surface area contributed by atoms with Gasteiger partial charge in [-0.1, -0.05) is 20.4 Å². The van der Waals surface area contributed by atoms with E-state index in [-0.39, 0.29) is 66.0 Å². The van der Waals surface area contributed by atoms with Crippen LogP contribution in [0.3, 0.4) is 0 Å². The molecule has 5 heterocycles. The number of hydrogen-bond acceptors (Lipinski definition) is 7. The maximum atomic E-state index is 16.1. The molecule has 0 bridgehead atoms. The maximum absolute atomic E-state index is 16.1. The zero-order valence-corrected chi connectivity index (χ0v) is 25.1. The van der Waals surface area contributed by atoms with E-state index in [1.807, 2.05) is 13.8 Å². The van der Waals surface area contributed by atoms with E-state index in [4.69, 9.17) is 5.73 Å². The number of carbonyl (C=O) groups is 1. The number of aromatic nitrogens is 5. The highest BCUT2D eigenvalue weighted by Gasteiger charge is 2.38. The van der Waals surface area contributed by atoms with Gasteiger partial charge < -0.3 is 10.6 Å². The van der Waals surface area contributed by atoms with Gasteiger partial charge in [-0.05, 0) is 61.9 Å². The first kappa shape index (κ1) is 31.5. The van der Waals surface area contributed by atoms with E-state index in [0.29, 0.717) is 11.3 Å². The van der Waals surface area contributed by atoms with Gasteiger partial charge >= 0.3 is 17.3 Å². The smallest absolute Gasteiger partial charge is 0.384 e. The molecule has 4 aromatic rings. The van der Waals surface area contributed by atoms with Gasteiger partial charge in [0.15, 0.2) is 11.5 Å². The zero-order chi connectivity index (χ0) is 33.0. The molecule has 10 nitrogen and oxygen atoms in total. The van der Waals surface area contributed by atoms with E-state index in [2.05, 4.69) is 21.5 Å². The van der Waals surface area contributed by atoms with Crippen molar-refractivity contribution in [1.29, 1.82) is 0 Å². The lowest BCUT2D eigenvalue weighted by atomic mass is 10.0. The van der Waals surface area contributed by atoms with Crippen molar-refractivity contribution in [2.75, 3.05) is 18.8 Å². The van der Waals surface area contributed by atoms with Crippen molar-refractivity contribution in [2.45, 2.75) is 58.7 Å². The summed E-state index contributed by atoms with van der Waals surface area (Å²) >= 11 is 0. The topological polar surface area (TPSA) is 129 Å². The molecular weight excluding hydrogens is 594 g/mol. The van der Waals surface area contributed by atoms with Gasteiger partial charge in [0, 0.05) is 31.4 Å². The molecule has 1 fully saturated rings. The van der Waals surface area contributed by atoms with Crippen LogP contribution in [0, 0.1) is 19.7 Å². The van der Waals surface area contributed by atoms with Crippen LogP contribution >= 0.6 is 0 Å². The largest absolute Gasteiger partial charge is 0.418 e. The summed E-state index contributed by atoms with van der Waals surface area (Å²) in [5.41, 5.74) is 1.44. The number of hydrogen-bond donors (Lipinski definition) is 1. The highest BCUT2D eigenvalue weighted by Crippen LogP contribution is 2.40. The molecule has 0 atom stereocenters. The van der Waals surface area contributed by atoms with Crippen LogP contribution in [0.4, 0.5) is 23.4 Å². The van der Waals surface area contributed by atoms with Gasteiger partial charge in [-0.15, -0.1) is 0 Å². The SMILES string of the molecule is C=CC(=O)N1CCC(n2c(=O)c(=O)n(-c3c(C)ccnc3C(C)C)c3nc(-c4nc(N)cc(C)c4C(F)(F)F)c(F)cc32)CC1. The average molecular weight is 626 g/mol. The van der Waals surface area contributed by atoms with E-state index in [0.717, 1.165) is 21.3 Å². The fourth-order valence-corrected chi connectivity index (χ4v) is 5.94. The summed E-state index contributed by atoms with van der Waals surface area (Å²) in [6, 6.07) is 2.90. The molecule has 1 aliphatic heterocycles. The van der Waals surface area contributed by atoms with Crippen LogP contribution in [0.1, 0.15) is 61.0 Å². The number of nitrogen functional groups attached to an aromatic ring is 1. The number of nitrogens with zero attached hydrogens (tertiary/aromatic N) is 6. The van der Waals surface area contributed by atoms with Crippen molar-refractivity contribution >= 4 is 22.9 Å². The molecule has 1 amide bonds. The normalized spacial score (nSPS) is 14.4. The minimum atomic E-state index is -4.94. The Kier molecular flexibility index (Phi) is 8.10. The number of rotatable bonds is 5. The third-order valence-electron chi connectivity index (χ3n) is 8.00. The van der Waals surface area contributed by atoms with Crippen LogP contribution in [0.2, 0.25) is 0 Å². The molecule has 45 heavy (non-hydrogen) atoms. The van der Waals surface area contributed by atoms with Crippen LogP contribution in [-0.2, 0) is 11.0 Å². The summed E-state index contributed by atoms with van der Waals surface area (Å²) in [6.07, 6.45) is -1.73. The molecule has 1 saturated heterocycles. The number of fused-ring (bicyclic) bond motifs is 1. The molecule has 5 rings (SSSR count). The summed E-state index contributed by atoms with van der Waals surface area (Å²) < 4.78 is 61.0. The second-order valence-corrected chi connectivity index (χ2v) is 11.3. The first-order valence-electron chi connectivity index (χ1n) is 14.2. The number of piperidine rings is 1. The number of amides is 1. The molecular formula is C31H31F4N7O3. The lowest BCUT2D eigenvalue weighted by Crippen LogP contribution is -2.46. The molecule has 0 saturated carbocycles. The summed E-state index contributed by atoms with van der Waals surface area (Å²) in [5, 5.41) is 0. The number of aryl methyl sites for hydroxylation is 2. The van der Waals surface area contributed by atoms with Crippen LogP contribution in [0.5, 0.6) is 0 Å². The average Bonchev–Trinajstić information content (AvgIpc) is 2.97. The van der Waals surface area contributed by atoms with E-state index < -0.39 is 46.1 Å². The summed E-state index contributed by atoms with van der Waals surface area (Å²) in [4.78, 5) is 54.2. The number of pyridine rings is 3. The second kappa shape index (κ2) is 11.6. The summed E-state index contributed by atoms with van der Waals surface area (Å²) in [7, 11) is 0. The number of halogens is 4. The number of nitrogens with two attached hydrogens (primary N) is 1. The van der Waals surface area contributed by atoms with Gasteiger partial charge in [0.25, 0.3) is 0 Å². The van der Waals surface area contributed by atoms with E-state index in [9.17, 15) is 27.6 Å². The molecule has 0 unspecified atom stereocenters. The quantitative estimate of drug-likeness (QED) is 0.191. The zero-order valence-electron chi connectivity index (χ0n) is 25.1. The summed E-state index contributed by atoms with van der Waals surface area (Å²) in [5.74, 6) is -2.02. The van der Waals surface area contributed by atoms with Gasteiger partial charge in [-0.25, -0.2) is 14.4 Å². The van der Waals surface area contributed by atoms with Gasteiger partial charge in [0.2, 0.25) is 5.91 Å². The Morgan fingerprint density at radius 2 is 1.73 bits per heavy atom. The number of anilines is 1. The highest BCUT2D eigenvalue weighted by molar-refractivity contribution is 5.87. The standard InChI is InChI=1S/C31H31F4N7O3/c1-6-22(43)40-11-8-18(9-12-40)41-20-14-19(32)25(26-23(31(33,34)35)17(5)13-21(36)38-26)39-28(20)42(30(45)29(41)44)27-16(4)7-10-37-24(27)15(2)3/h6-7,10,13-15,18H,1,8-9,11-12H2,2-5H3,(H2,36,38). The molecule has 14 heteroatoms. The minimum Gasteiger partial charge on any atom is -0.384 e. The van der Waals surface area contributed by atoms with Crippen LogP contribution in [0.15, 0.2) is 46.6 Å². The predicted octanol–water partition coefficient (Wildman–Crippen LogP) is 4.83. The fourth-order valence-electron chi connectivity index (χ4n) is 5.94. The van der Waals surface area contributed by atoms with Crippen molar-refractivity contribution in [3.63, 3.8) is 0 Å². The summed E-state index contributed by atoms with van der Waals surface area (Å²) in [6.45, 7) is 10.5. The molecule has 236 valence electrons. The van der Waals surface area contributed by atoms with Gasteiger partial charge in [0.05, 0.1) is 22.5 Å². The minimum absolute atomic E-state index is 0.110. The van der Waals surface area contributed by atoms with Crippen molar-refractivity contribution in [3.8, 4) is 17.1 Å². The molecule has 0 aliphatic carbocycles. The molecule has 4 aromatic heterocycles. The van der Waals surface area contributed by atoms with E-state index >= 15 is 4.39 Å².